The Morgan fingerprint density at radius 3 is 2.81 bits per heavy atom. The van der Waals surface area contributed by atoms with E-state index in [0.29, 0.717) is 16.7 Å². The number of carbonyl (C=O) groups is 2. The van der Waals surface area contributed by atoms with Crippen molar-refractivity contribution < 1.29 is 14.3 Å². The number of aromatic nitrogens is 2. The summed E-state index contributed by atoms with van der Waals surface area (Å²) in [7, 11) is 0. The largest absolute Gasteiger partial charge is 0.444 e. The van der Waals surface area contributed by atoms with Crippen molar-refractivity contribution in [2.24, 2.45) is 5.92 Å². The molecule has 0 radical (unpaired) electrons. The molecule has 2 atom stereocenters. The van der Waals surface area contributed by atoms with E-state index in [-0.39, 0.29) is 29.6 Å². The number of rotatable bonds is 4. The highest BCUT2D eigenvalue weighted by molar-refractivity contribution is 9.10. The average molecular weight is 448 g/mol. The first kappa shape index (κ1) is 20.9. The van der Waals surface area contributed by atoms with Crippen LogP contribution in [0.25, 0.3) is 0 Å². The fourth-order valence-electron chi connectivity index (χ4n) is 2.85. The van der Waals surface area contributed by atoms with Gasteiger partial charge in [-0.2, -0.15) is 0 Å². The van der Waals surface area contributed by atoms with Gasteiger partial charge in [0.2, 0.25) is 5.91 Å². The Balaban J connectivity index is 1.85. The maximum atomic E-state index is 12.5. The molecule has 0 aromatic carbocycles. The number of halogens is 2. The number of nitrogens with one attached hydrogen (secondary N) is 2. The maximum absolute atomic E-state index is 12.5. The van der Waals surface area contributed by atoms with Gasteiger partial charge in [-0.05, 0) is 56.0 Å². The highest BCUT2D eigenvalue weighted by Gasteiger charge is 2.29. The number of alkyl carbamates (subject to hydrolysis) is 1. The molecule has 0 bridgehead atoms. The van der Waals surface area contributed by atoms with Gasteiger partial charge in [0.1, 0.15) is 10.2 Å². The highest BCUT2D eigenvalue weighted by atomic mass is 79.9. The first-order valence-corrected chi connectivity index (χ1v) is 9.75. The minimum atomic E-state index is -0.542. The second-order valence-corrected chi connectivity index (χ2v) is 8.53. The number of ether oxygens (including phenoxy) is 1. The van der Waals surface area contributed by atoms with E-state index in [0.717, 1.165) is 19.3 Å². The van der Waals surface area contributed by atoms with E-state index in [2.05, 4.69) is 36.5 Å². The maximum Gasteiger partial charge on any atom is 0.407 e. The molecule has 9 heteroatoms. The van der Waals surface area contributed by atoms with Crippen molar-refractivity contribution in [2.75, 3.05) is 0 Å². The van der Waals surface area contributed by atoms with E-state index in [9.17, 15) is 9.59 Å². The quantitative estimate of drug-likeness (QED) is 0.735. The van der Waals surface area contributed by atoms with Crippen LogP contribution in [0.15, 0.2) is 10.8 Å². The molecule has 0 spiro atoms. The van der Waals surface area contributed by atoms with Gasteiger partial charge in [0, 0.05) is 12.0 Å². The van der Waals surface area contributed by atoms with Crippen LogP contribution in [-0.4, -0.2) is 33.6 Å². The number of hydrogen-bond donors (Lipinski definition) is 2. The molecule has 2 rings (SSSR count). The fourth-order valence-corrected chi connectivity index (χ4v) is 3.32. The fraction of sp³-hybridized carbons (Fsp3) is 0.647. The molecule has 1 aliphatic carbocycles. The molecule has 144 valence electrons. The SMILES string of the molecule is CC(C)(C)OC(=O)N[C@@H]1CCC[C@@H](C(=O)NCc2nc(Br)cnc2Cl)C1. The Morgan fingerprint density at radius 2 is 2.12 bits per heavy atom. The van der Waals surface area contributed by atoms with Crippen molar-refractivity contribution in [3.8, 4) is 0 Å². The predicted molar refractivity (Wildman–Crippen MR) is 102 cm³/mol. The Labute approximate surface area is 166 Å². The summed E-state index contributed by atoms with van der Waals surface area (Å²) in [4.78, 5) is 32.6. The third kappa shape index (κ3) is 6.72. The summed E-state index contributed by atoms with van der Waals surface area (Å²) in [5, 5.41) is 5.98. The Bertz CT molecular complexity index is 666. The van der Waals surface area contributed by atoms with Gasteiger partial charge >= 0.3 is 6.09 Å². The summed E-state index contributed by atoms with van der Waals surface area (Å²) in [6.07, 6.45) is 4.14. The first-order valence-electron chi connectivity index (χ1n) is 8.58. The summed E-state index contributed by atoms with van der Waals surface area (Å²) < 4.78 is 5.84. The van der Waals surface area contributed by atoms with Gasteiger partial charge in [-0.3, -0.25) is 4.79 Å². The minimum Gasteiger partial charge on any atom is -0.444 e. The van der Waals surface area contributed by atoms with E-state index < -0.39 is 11.7 Å². The molecule has 1 heterocycles. The van der Waals surface area contributed by atoms with E-state index in [1.54, 1.807) is 0 Å². The van der Waals surface area contributed by atoms with Crippen LogP contribution in [0.4, 0.5) is 4.79 Å². The highest BCUT2D eigenvalue weighted by Crippen LogP contribution is 2.25. The molecule has 1 aromatic heterocycles. The Kier molecular flexibility index (Phi) is 7.23. The normalized spacial score (nSPS) is 20.3. The monoisotopic (exact) mass is 446 g/mol. The van der Waals surface area contributed by atoms with E-state index in [1.807, 2.05) is 20.8 Å². The van der Waals surface area contributed by atoms with Crippen LogP contribution >= 0.6 is 27.5 Å². The molecule has 1 aliphatic rings. The van der Waals surface area contributed by atoms with Crippen molar-refractivity contribution in [2.45, 2.75) is 64.6 Å². The molecule has 0 unspecified atom stereocenters. The molecular formula is C17H24BrClN4O3. The van der Waals surface area contributed by atoms with Crippen LogP contribution in [0.1, 0.15) is 52.1 Å². The molecular weight excluding hydrogens is 424 g/mol. The number of amides is 2. The summed E-state index contributed by atoms with van der Waals surface area (Å²) in [5.74, 6) is -0.235. The Hall–Kier alpha value is -1.41. The second kappa shape index (κ2) is 8.99. The summed E-state index contributed by atoms with van der Waals surface area (Å²) in [6.45, 7) is 5.67. The van der Waals surface area contributed by atoms with Gasteiger partial charge < -0.3 is 15.4 Å². The van der Waals surface area contributed by atoms with Gasteiger partial charge in [0.05, 0.1) is 18.4 Å². The molecule has 26 heavy (non-hydrogen) atoms. The summed E-state index contributed by atoms with van der Waals surface area (Å²) in [5.41, 5.74) is -0.0339. The van der Waals surface area contributed by atoms with Gasteiger partial charge in [-0.15, -0.1) is 0 Å². The van der Waals surface area contributed by atoms with Crippen molar-refractivity contribution in [3.63, 3.8) is 0 Å². The minimum absolute atomic E-state index is 0.0661. The zero-order valence-corrected chi connectivity index (χ0v) is 17.5. The number of hydrogen-bond acceptors (Lipinski definition) is 5. The molecule has 0 saturated heterocycles. The molecule has 2 amide bonds. The standard InChI is InChI=1S/C17H24BrClN4O3/c1-17(2,3)26-16(25)22-11-6-4-5-10(7-11)15(24)21-8-12-14(19)20-9-13(18)23-12/h9-11H,4-8H2,1-3H3,(H,21,24)(H,22,25)/t10-,11-/m1/s1. The van der Waals surface area contributed by atoms with Crippen LogP contribution in [-0.2, 0) is 16.1 Å². The molecule has 1 aromatic rings. The first-order chi connectivity index (χ1) is 12.1. The third-order valence-electron chi connectivity index (χ3n) is 3.96. The second-order valence-electron chi connectivity index (χ2n) is 7.35. The lowest BCUT2D eigenvalue weighted by molar-refractivity contribution is -0.126. The van der Waals surface area contributed by atoms with Crippen molar-refractivity contribution in [1.82, 2.24) is 20.6 Å². The van der Waals surface area contributed by atoms with Crippen LogP contribution in [0, 0.1) is 5.92 Å². The molecule has 0 aliphatic heterocycles. The topological polar surface area (TPSA) is 93.2 Å². The molecule has 7 nitrogen and oxygen atoms in total. The molecule has 1 fully saturated rings. The van der Waals surface area contributed by atoms with E-state index in [4.69, 9.17) is 16.3 Å². The smallest absolute Gasteiger partial charge is 0.407 e. The molecule has 1 saturated carbocycles. The summed E-state index contributed by atoms with van der Waals surface area (Å²) in [6, 6.07) is -0.0661. The van der Waals surface area contributed by atoms with Crippen molar-refractivity contribution >= 4 is 39.5 Å². The zero-order valence-electron chi connectivity index (χ0n) is 15.1. The van der Waals surface area contributed by atoms with E-state index >= 15 is 0 Å². The van der Waals surface area contributed by atoms with Crippen LogP contribution in [0.2, 0.25) is 5.15 Å². The van der Waals surface area contributed by atoms with Crippen LogP contribution < -0.4 is 10.6 Å². The summed E-state index contributed by atoms with van der Waals surface area (Å²) >= 11 is 9.23. The predicted octanol–water partition coefficient (Wildman–Crippen LogP) is 3.59. The van der Waals surface area contributed by atoms with Gasteiger partial charge in [0.25, 0.3) is 0 Å². The number of nitrogens with zero attached hydrogens (tertiary/aromatic N) is 2. The lowest BCUT2D eigenvalue weighted by Gasteiger charge is -2.30. The number of carbonyl (C=O) groups excluding carboxylic acids is 2. The average Bonchev–Trinajstić information content (AvgIpc) is 2.53. The van der Waals surface area contributed by atoms with Crippen LogP contribution in [0.3, 0.4) is 0 Å². The lowest BCUT2D eigenvalue weighted by Crippen LogP contribution is -2.44. The van der Waals surface area contributed by atoms with Crippen molar-refractivity contribution in [1.29, 1.82) is 0 Å². The van der Waals surface area contributed by atoms with Gasteiger partial charge in [0.15, 0.2) is 5.15 Å². The van der Waals surface area contributed by atoms with E-state index in [1.165, 1.54) is 6.20 Å². The zero-order chi connectivity index (χ0) is 19.3. The van der Waals surface area contributed by atoms with Gasteiger partial charge in [-0.1, -0.05) is 18.0 Å². The van der Waals surface area contributed by atoms with Crippen LogP contribution in [0.5, 0.6) is 0 Å². The molecule has 2 N–H and O–H groups in total. The lowest BCUT2D eigenvalue weighted by atomic mass is 9.85. The Morgan fingerprint density at radius 1 is 1.38 bits per heavy atom. The third-order valence-corrected chi connectivity index (χ3v) is 4.66. The van der Waals surface area contributed by atoms with Gasteiger partial charge in [-0.25, -0.2) is 14.8 Å². The van der Waals surface area contributed by atoms with Crippen molar-refractivity contribution in [3.05, 3.63) is 21.6 Å².